The number of carbonyl (C=O) groups is 2. The standard InChI is InChI=1S/C33H40Cl2FN5O3/c1-31(2)10-12-32(13-11-31)33(23-8-3-18(34)15-24(23)39-30(33)44)25(22-9-14-37-28(35)26(22)36)27(40-32)29(43)38-19-4-6-20(7-5-19)41-16-21(42)17-41/h3,8-9,14-15,19-21,25,27,40,42H,4-7,10-13,16-17H2,1-2H3,(H,38,43)(H,39,44). The average Bonchev–Trinajstić information content (AvgIpc) is 3.43. The number of aromatic nitrogens is 1. The zero-order chi connectivity index (χ0) is 31.0. The lowest BCUT2D eigenvalue weighted by atomic mass is 9.53. The number of nitrogens with one attached hydrogen (secondary N) is 3. The Kier molecular flexibility index (Phi) is 7.52. The first kappa shape index (κ1) is 30.4. The number of likely N-dealkylation sites (tertiary alicyclic amines) is 1. The van der Waals surface area contributed by atoms with Crippen molar-refractivity contribution >= 4 is 40.7 Å². The topological polar surface area (TPSA) is 107 Å². The minimum absolute atomic E-state index is 0.0282. The van der Waals surface area contributed by atoms with Crippen molar-refractivity contribution in [2.75, 3.05) is 18.4 Å². The second-order valence-corrected chi connectivity index (χ2v) is 15.2. The summed E-state index contributed by atoms with van der Waals surface area (Å²) in [4.78, 5) is 35.3. The minimum atomic E-state index is -1.28. The molecule has 2 aromatic rings. The molecule has 7 rings (SSSR count). The highest BCUT2D eigenvalue weighted by Crippen LogP contribution is 2.64. The number of hydrogen-bond acceptors (Lipinski definition) is 6. The van der Waals surface area contributed by atoms with Gasteiger partial charge in [0.05, 0.1) is 12.1 Å². The highest BCUT2D eigenvalue weighted by molar-refractivity contribution is 6.31. The molecule has 5 aliphatic rings. The van der Waals surface area contributed by atoms with E-state index < -0.39 is 28.7 Å². The van der Waals surface area contributed by atoms with Gasteiger partial charge in [-0.25, -0.2) is 9.37 Å². The van der Waals surface area contributed by atoms with E-state index in [1.54, 1.807) is 18.2 Å². The number of halogens is 3. The predicted octanol–water partition coefficient (Wildman–Crippen LogP) is 4.92. The molecule has 4 fully saturated rings. The van der Waals surface area contributed by atoms with Crippen molar-refractivity contribution in [2.24, 2.45) is 5.41 Å². The highest BCUT2D eigenvalue weighted by Gasteiger charge is 2.73. The SMILES string of the molecule is CC1(C)CCC2(CC1)NC(C(=O)NC1CCC(N3CC(O)C3)CC1)C(c1ccnc(Cl)c1F)C21C(=O)Nc2cc(Cl)ccc21. The summed E-state index contributed by atoms with van der Waals surface area (Å²) in [6.07, 6.45) is 7.69. The van der Waals surface area contributed by atoms with Crippen molar-refractivity contribution in [2.45, 2.75) is 106 Å². The van der Waals surface area contributed by atoms with Gasteiger partial charge in [0.2, 0.25) is 11.8 Å². The van der Waals surface area contributed by atoms with Crippen LogP contribution in [0.4, 0.5) is 10.1 Å². The van der Waals surface area contributed by atoms with Gasteiger partial charge in [-0.15, -0.1) is 0 Å². The van der Waals surface area contributed by atoms with Crippen molar-refractivity contribution in [1.82, 2.24) is 20.5 Å². The molecular weight excluding hydrogens is 604 g/mol. The molecule has 0 bridgehead atoms. The lowest BCUT2D eigenvalue weighted by Crippen LogP contribution is -2.61. The van der Waals surface area contributed by atoms with E-state index >= 15 is 4.39 Å². The Balaban J connectivity index is 1.29. The minimum Gasteiger partial charge on any atom is -0.390 e. The summed E-state index contributed by atoms with van der Waals surface area (Å²) in [5, 5.41) is 20.0. The second kappa shape index (κ2) is 10.9. The van der Waals surface area contributed by atoms with Crippen LogP contribution in [0.1, 0.15) is 82.3 Å². The molecule has 3 atom stereocenters. The molecule has 8 nitrogen and oxygen atoms in total. The Hall–Kier alpha value is -2.30. The van der Waals surface area contributed by atoms with Crippen molar-refractivity contribution in [3.8, 4) is 0 Å². The molecule has 2 spiro atoms. The van der Waals surface area contributed by atoms with Crippen LogP contribution in [0.25, 0.3) is 0 Å². The number of rotatable bonds is 4. The summed E-state index contributed by atoms with van der Waals surface area (Å²) in [7, 11) is 0. The van der Waals surface area contributed by atoms with Gasteiger partial charge in [0, 0.05) is 53.5 Å². The van der Waals surface area contributed by atoms with E-state index in [9.17, 15) is 14.7 Å². The molecule has 0 radical (unpaired) electrons. The maximum atomic E-state index is 16.1. The Morgan fingerprint density at radius 3 is 2.48 bits per heavy atom. The number of pyridine rings is 1. The van der Waals surface area contributed by atoms with E-state index in [0.717, 1.165) is 44.1 Å². The van der Waals surface area contributed by atoms with Crippen molar-refractivity contribution in [1.29, 1.82) is 0 Å². The molecule has 3 unspecified atom stereocenters. The van der Waals surface area contributed by atoms with Gasteiger partial charge in [0.25, 0.3) is 0 Å². The first-order chi connectivity index (χ1) is 20.9. The number of aliphatic hydroxyl groups excluding tert-OH is 1. The molecule has 1 aromatic carbocycles. The van der Waals surface area contributed by atoms with Gasteiger partial charge in [0.1, 0.15) is 5.41 Å². The zero-order valence-corrected chi connectivity index (χ0v) is 26.6. The van der Waals surface area contributed by atoms with E-state index in [2.05, 4.69) is 39.7 Å². The number of carbonyl (C=O) groups excluding carboxylic acids is 2. The van der Waals surface area contributed by atoms with Gasteiger partial charge in [-0.3, -0.25) is 19.8 Å². The van der Waals surface area contributed by atoms with Crippen molar-refractivity contribution in [3.63, 3.8) is 0 Å². The number of β-amino-alcohol motifs (C(OH)–C–C–N with tert-alkyl or cyclic N) is 1. The number of aliphatic hydroxyl groups is 1. The number of anilines is 1. The van der Waals surface area contributed by atoms with Gasteiger partial charge >= 0.3 is 0 Å². The number of amides is 2. The van der Waals surface area contributed by atoms with Crippen molar-refractivity contribution in [3.05, 3.63) is 57.6 Å². The lowest BCUT2D eigenvalue weighted by molar-refractivity contribution is -0.125. The molecule has 1 aromatic heterocycles. The van der Waals surface area contributed by atoms with Gasteiger partial charge in [-0.2, -0.15) is 0 Å². The predicted molar refractivity (Wildman–Crippen MR) is 167 cm³/mol. The van der Waals surface area contributed by atoms with Crippen LogP contribution in [0, 0.1) is 11.2 Å². The number of hydrogen-bond donors (Lipinski definition) is 4. The molecular formula is C33H40Cl2FN5O3. The molecule has 2 aliphatic carbocycles. The molecule has 44 heavy (non-hydrogen) atoms. The van der Waals surface area contributed by atoms with E-state index in [1.807, 2.05) is 6.07 Å². The summed E-state index contributed by atoms with van der Waals surface area (Å²) >= 11 is 12.6. The monoisotopic (exact) mass is 643 g/mol. The van der Waals surface area contributed by atoms with Gasteiger partial charge in [-0.05, 0) is 86.1 Å². The van der Waals surface area contributed by atoms with Gasteiger partial charge < -0.3 is 15.7 Å². The maximum absolute atomic E-state index is 16.1. The van der Waals surface area contributed by atoms with Crippen LogP contribution >= 0.6 is 23.2 Å². The van der Waals surface area contributed by atoms with Crippen LogP contribution in [0.2, 0.25) is 10.2 Å². The number of benzene rings is 1. The Bertz CT molecular complexity index is 1480. The van der Waals surface area contributed by atoms with Gasteiger partial charge in [0.15, 0.2) is 11.0 Å². The smallest absolute Gasteiger partial charge is 0.238 e. The molecule has 2 saturated heterocycles. The zero-order valence-electron chi connectivity index (χ0n) is 25.1. The van der Waals surface area contributed by atoms with Crippen LogP contribution in [-0.4, -0.2) is 69.7 Å². The molecule has 11 heteroatoms. The third-order valence-electron chi connectivity index (χ3n) is 11.4. The van der Waals surface area contributed by atoms with Crippen LogP contribution in [0.3, 0.4) is 0 Å². The van der Waals surface area contributed by atoms with Crippen LogP contribution in [-0.2, 0) is 15.0 Å². The Labute approximate surface area is 267 Å². The summed E-state index contributed by atoms with van der Waals surface area (Å²) in [5.41, 5.74) is -0.502. The maximum Gasteiger partial charge on any atom is 0.238 e. The van der Waals surface area contributed by atoms with E-state index in [-0.39, 0.29) is 40.1 Å². The first-order valence-corrected chi connectivity index (χ1v) is 16.6. The Morgan fingerprint density at radius 1 is 1.09 bits per heavy atom. The first-order valence-electron chi connectivity index (χ1n) is 15.9. The molecule has 3 aliphatic heterocycles. The van der Waals surface area contributed by atoms with Crippen LogP contribution in [0.5, 0.6) is 0 Å². The van der Waals surface area contributed by atoms with Crippen LogP contribution in [0.15, 0.2) is 30.5 Å². The highest BCUT2D eigenvalue weighted by atomic mass is 35.5. The fourth-order valence-corrected chi connectivity index (χ4v) is 9.33. The molecule has 2 saturated carbocycles. The summed E-state index contributed by atoms with van der Waals surface area (Å²) < 4.78 is 16.1. The third-order valence-corrected chi connectivity index (χ3v) is 11.9. The van der Waals surface area contributed by atoms with Crippen LogP contribution < -0.4 is 16.0 Å². The molecule has 4 N–H and O–H groups in total. The molecule has 4 heterocycles. The molecule has 236 valence electrons. The Morgan fingerprint density at radius 2 is 1.80 bits per heavy atom. The largest absolute Gasteiger partial charge is 0.390 e. The van der Waals surface area contributed by atoms with E-state index in [0.29, 0.717) is 42.7 Å². The molecule has 2 amide bonds. The number of fused-ring (bicyclic) bond motifs is 3. The average molecular weight is 645 g/mol. The second-order valence-electron chi connectivity index (χ2n) is 14.4. The summed E-state index contributed by atoms with van der Waals surface area (Å²) in [6, 6.07) is 6.42. The number of nitrogens with zero attached hydrogens (tertiary/aromatic N) is 2. The summed E-state index contributed by atoms with van der Waals surface area (Å²) in [6.45, 7) is 5.88. The van der Waals surface area contributed by atoms with Gasteiger partial charge in [-0.1, -0.05) is 43.1 Å². The quantitative estimate of drug-likeness (QED) is 0.353. The fraction of sp³-hybridized carbons (Fsp3) is 0.606. The summed E-state index contributed by atoms with van der Waals surface area (Å²) in [5.74, 6) is -2.09. The lowest BCUT2D eigenvalue weighted by Gasteiger charge is -2.50. The van der Waals surface area contributed by atoms with Crippen molar-refractivity contribution < 1.29 is 19.1 Å². The fourth-order valence-electron chi connectivity index (χ4n) is 8.99. The van der Waals surface area contributed by atoms with E-state index in [1.165, 1.54) is 6.20 Å². The van der Waals surface area contributed by atoms with E-state index in [4.69, 9.17) is 23.2 Å². The normalized spacial score (nSPS) is 32.8. The third kappa shape index (κ3) is 4.68.